The van der Waals surface area contributed by atoms with E-state index in [2.05, 4.69) is 10.0 Å². The van der Waals surface area contributed by atoms with Gasteiger partial charge in [-0.1, -0.05) is 48.0 Å². The number of carbonyl (C=O) groups excluding carboxylic acids is 1. The van der Waals surface area contributed by atoms with E-state index in [1.165, 1.54) is 12.1 Å². The number of nitrogens with one attached hydrogen (secondary N) is 2. The first-order chi connectivity index (χ1) is 13.3. The molecule has 0 saturated heterocycles. The summed E-state index contributed by atoms with van der Waals surface area (Å²) in [6.07, 6.45) is 0.259. The first-order valence-corrected chi connectivity index (χ1v) is 10.4. The van der Waals surface area contributed by atoms with E-state index in [0.717, 1.165) is 16.7 Å². The minimum absolute atomic E-state index is 0.133. The monoisotopic (exact) mass is 394 g/mol. The van der Waals surface area contributed by atoms with Gasteiger partial charge in [-0.25, -0.2) is 8.42 Å². The van der Waals surface area contributed by atoms with Gasteiger partial charge in [-0.05, 0) is 55.3 Å². The number of aryl methyl sites for hydroxylation is 2. The van der Waals surface area contributed by atoms with Gasteiger partial charge < -0.3 is 5.32 Å². The highest BCUT2D eigenvalue weighted by atomic mass is 32.2. The molecule has 1 amide bonds. The molecule has 3 rings (SSSR count). The normalized spacial score (nSPS) is 11.1. The maximum absolute atomic E-state index is 12.6. The molecule has 0 fully saturated rings. The van der Waals surface area contributed by atoms with Gasteiger partial charge in [0.05, 0.1) is 17.0 Å². The van der Waals surface area contributed by atoms with Crippen LogP contribution < -0.4 is 10.0 Å². The van der Waals surface area contributed by atoms with Crippen molar-refractivity contribution in [1.82, 2.24) is 0 Å². The van der Waals surface area contributed by atoms with E-state index in [1.807, 2.05) is 56.3 Å². The molecule has 0 spiro atoms. The lowest BCUT2D eigenvalue weighted by Gasteiger charge is -2.12. The largest absolute Gasteiger partial charge is 0.326 e. The minimum atomic E-state index is -3.71. The van der Waals surface area contributed by atoms with Crippen LogP contribution in [-0.4, -0.2) is 14.3 Å². The van der Waals surface area contributed by atoms with Crippen molar-refractivity contribution in [1.29, 1.82) is 0 Å². The van der Waals surface area contributed by atoms with E-state index in [4.69, 9.17) is 0 Å². The van der Waals surface area contributed by atoms with Crippen LogP contribution in [-0.2, 0) is 21.2 Å². The van der Waals surface area contributed by atoms with Gasteiger partial charge in [0, 0.05) is 5.69 Å². The molecule has 6 heteroatoms. The number of carbonyl (C=O) groups is 1. The van der Waals surface area contributed by atoms with Crippen molar-refractivity contribution in [2.45, 2.75) is 25.2 Å². The maximum atomic E-state index is 12.6. The second-order valence-corrected chi connectivity index (χ2v) is 8.34. The zero-order chi connectivity index (χ0) is 20.1. The molecule has 28 heavy (non-hydrogen) atoms. The van der Waals surface area contributed by atoms with Crippen LogP contribution in [0.2, 0.25) is 0 Å². The fourth-order valence-electron chi connectivity index (χ4n) is 2.84. The quantitative estimate of drug-likeness (QED) is 0.655. The summed E-state index contributed by atoms with van der Waals surface area (Å²) in [5.41, 5.74) is 3.93. The molecule has 0 aromatic heterocycles. The van der Waals surface area contributed by atoms with Crippen molar-refractivity contribution in [3.8, 4) is 0 Å². The van der Waals surface area contributed by atoms with Crippen LogP contribution in [0.25, 0.3) is 0 Å². The lowest BCUT2D eigenvalue weighted by molar-refractivity contribution is -0.115. The Labute approximate surface area is 165 Å². The summed E-state index contributed by atoms with van der Waals surface area (Å²) in [5, 5.41) is 2.78. The average molecular weight is 394 g/mol. The third-order valence-corrected chi connectivity index (χ3v) is 5.66. The summed E-state index contributed by atoms with van der Waals surface area (Å²) < 4.78 is 27.8. The van der Waals surface area contributed by atoms with Crippen LogP contribution in [0.1, 0.15) is 16.7 Å². The SMILES string of the molecule is Cc1ccc(NS(=O)(=O)c2ccc(NC(=O)Cc3ccccc3)cc2)c(C)c1. The Hall–Kier alpha value is -3.12. The van der Waals surface area contributed by atoms with E-state index < -0.39 is 10.0 Å². The molecular formula is C22H22N2O3S. The molecule has 5 nitrogen and oxygen atoms in total. The third-order valence-electron chi connectivity index (χ3n) is 4.28. The number of sulfonamides is 1. The van der Waals surface area contributed by atoms with Crippen molar-refractivity contribution in [2.24, 2.45) is 0 Å². The number of benzene rings is 3. The fraction of sp³-hybridized carbons (Fsp3) is 0.136. The zero-order valence-corrected chi connectivity index (χ0v) is 16.6. The number of hydrogen-bond donors (Lipinski definition) is 2. The highest BCUT2D eigenvalue weighted by Crippen LogP contribution is 2.22. The van der Waals surface area contributed by atoms with Crippen LogP contribution in [0, 0.1) is 13.8 Å². The van der Waals surface area contributed by atoms with Crippen LogP contribution >= 0.6 is 0 Å². The molecule has 3 aromatic carbocycles. The molecule has 0 aliphatic heterocycles. The fourth-order valence-corrected chi connectivity index (χ4v) is 3.97. The van der Waals surface area contributed by atoms with Crippen molar-refractivity contribution in [3.63, 3.8) is 0 Å². The van der Waals surface area contributed by atoms with Gasteiger partial charge in [-0.15, -0.1) is 0 Å². The lowest BCUT2D eigenvalue weighted by Crippen LogP contribution is -2.15. The Morgan fingerprint density at radius 1 is 0.893 bits per heavy atom. The molecule has 2 N–H and O–H groups in total. The molecule has 0 aliphatic rings. The first kappa shape index (κ1) is 19.6. The summed E-state index contributed by atoms with van der Waals surface area (Å²) in [6.45, 7) is 3.81. The van der Waals surface area contributed by atoms with Crippen molar-refractivity contribution < 1.29 is 13.2 Å². The number of anilines is 2. The summed E-state index contributed by atoms with van der Waals surface area (Å²) in [7, 11) is -3.71. The minimum Gasteiger partial charge on any atom is -0.326 e. The van der Waals surface area contributed by atoms with Gasteiger partial charge >= 0.3 is 0 Å². The molecular weight excluding hydrogens is 372 g/mol. The van der Waals surface area contributed by atoms with Crippen LogP contribution in [0.3, 0.4) is 0 Å². The molecule has 144 valence electrons. The molecule has 0 saturated carbocycles. The van der Waals surface area contributed by atoms with Crippen molar-refractivity contribution in [3.05, 3.63) is 89.5 Å². The smallest absolute Gasteiger partial charge is 0.261 e. The number of hydrogen-bond acceptors (Lipinski definition) is 3. The summed E-state index contributed by atoms with van der Waals surface area (Å²) in [5.74, 6) is -0.157. The van der Waals surface area contributed by atoms with Crippen molar-refractivity contribution in [2.75, 3.05) is 10.0 Å². The maximum Gasteiger partial charge on any atom is 0.261 e. The second kappa shape index (κ2) is 8.27. The molecule has 0 aliphatic carbocycles. The predicted octanol–water partition coefficient (Wildman–Crippen LogP) is 4.29. The second-order valence-electron chi connectivity index (χ2n) is 6.66. The molecule has 0 bridgehead atoms. The van der Waals surface area contributed by atoms with Gasteiger partial charge in [0.25, 0.3) is 10.0 Å². The topological polar surface area (TPSA) is 75.3 Å². The average Bonchev–Trinajstić information content (AvgIpc) is 2.65. The van der Waals surface area contributed by atoms with E-state index in [1.54, 1.807) is 18.2 Å². The van der Waals surface area contributed by atoms with Gasteiger partial charge in [0.15, 0.2) is 0 Å². The molecule has 0 atom stereocenters. The Morgan fingerprint density at radius 2 is 1.57 bits per heavy atom. The van der Waals surface area contributed by atoms with Gasteiger partial charge in [-0.3, -0.25) is 9.52 Å². The molecule has 0 heterocycles. The molecule has 3 aromatic rings. The summed E-state index contributed by atoms with van der Waals surface area (Å²) in [6, 6.07) is 21.1. The number of rotatable bonds is 6. The lowest BCUT2D eigenvalue weighted by atomic mass is 10.1. The Morgan fingerprint density at radius 3 is 2.21 bits per heavy atom. The van der Waals surface area contributed by atoms with E-state index >= 15 is 0 Å². The summed E-state index contributed by atoms with van der Waals surface area (Å²) >= 11 is 0. The standard InChI is InChI=1S/C22H22N2O3S/c1-16-8-13-21(17(2)14-16)24-28(26,27)20-11-9-19(10-12-20)23-22(25)15-18-6-4-3-5-7-18/h3-14,24H,15H2,1-2H3,(H,23,25). The van der Waals surface area contributed by atoms with Crippen molar-refractivity contribution >= 4 is 27.3 Å². The Balaban J connectivity index is 1.68. The zero-order valence-electron chi connectivity index (χ0n) is 15.8. The van der Waals surface area contributed by atoms with E-state index in [9.17, 15) is 13.2 Å². The predicted molar refractivity (Wildman–Crippen MR) is 112 cm³/mol. The third kappa shape index (κ3) is 4.98. The van der Waals surface area contributed by atoms with E-state index in [0.29, 0.717) is 11.4 Å². The molecule has 0 unspecified atom stereocenters. The van der Waals surface area contributed by atoms with Crippen LogP contribution in [0.5, 0.6) is 0 Å². The van der Waals surface area contributed by atoms with Crippen LogP contribution in [0.15, 0.2) is 77.7 Å². The highest BCUT2D eigenvalue weighted by Gasteiger charge is 2.15. The number of amides is 1. The first-order valence-electron chi connectivity index (χ1n) is 8.87. The molecule has 0 radical (unpaired) electrons. The van der Waals surface area contributed by atoms with Gasteiger partial charge in [0.2, 0.25) is 5.91 Å². The Bertz CT molecular complexity index is 1080. The van der Waals surface area contributed by atoms with E-state index in [-0.39, 0.29) is 17.2 Å². The van der Waals surface area contributed by atoms with Gasteiger partial charge in [-0.2, -0.15) is 0 Å². The van der Waals surface area contributed by atoms with Crippen LogP contribution in [0.4, 0.5) is 11.4 Å². The Kier molecular flexibility index (Phi) is 5.80. The highest BCUT2D eigenvalue weighted by molar-refractivity contribution is 7.92. The van der Waals surface area contributed by atoms with Gasteiger partial charge in [0.1, 0.15) is 0 Å². The summed E-state index contributed by atoms with van der Waals surface area (Å²) in [4.78, 5) is 12.3.